The number of rotatable bonds is 5. The third kappa shape index (κ3) is 5.65. The second-order valence-corrected chi connectivity index (χ2v) is 8.87. The van der Waals surface area contributed by atoms with Crippen molar-refractivity contribution in [2.24, 2.45) is 0 Å². The van der Waals surface area contributed by atoms with Gasteiger partial charge in [-0.2, -0.15) is 0 Å². The molecule has 0 amide bonds. The van der Waals surface area contributed by atoms with Crippen LogP contribution in [0.4, 0.5) is 0 Å². The van der Waals surface area contributed by atoms with Gasteiger partial charge in [0.2, 0.25) is 0 Å². The zero-order chi connectivity index (χ0) is 12.0. The van der Waals surface area contributed by atoms with Crippen molar-refractivity contribution in [2.45, 2.75) is 23.4 Å². The highest BCUT2D eigenvalue weighted by Gasteiger charge is 2.25. The molecule has 0 aliphatic carbocycles. The van der Waals surface area contributed by atoms with E-state index in [0.717, 1.165) is 0 Å². The van der Waals surface area contributed by atoms with Crippen molar-refractivity contribution >= 4 is 14.4 Å². The van der Waals surface area contributed by atoms with Crippen molar-refractivity contribution in [3.63, 3.8) is 0 Å². The minimum Gasteiger partial charge on any atom is -0.386 e. The molecule has 0 atom stereocenters. The zero-order valence-corrected chi connectivity index (χ0v) is 12.7. The fourth-order valence-electron chi connectivity index (χ4n) is 2.39. The summed E-state index contributed by atoms with van der Waals surface area (Å²) in [7, 11) is 8.95. The Morgan fingerprint density at radius 3 is 2.50 bits per heavy atom. The first-order chi connectivity index (χ1) is 7.59. The molecule has 0 saturated carbocycles. The van der Waals surface area contributed by atoms with Gasteiger partial charge in [0, 0.05) is 6.54 Å². The van der Waals surface area contributed by atoms with Gasteiger partial charge in [-0.05, 0) is 54.2 Å². The standard InChI is InChI=1S/C6H14N2.C6H14N.Al/c1-4-8(3)6-5-7-2;1-4-5-6-7(2)3;/h1,4-6H2,2-3H3;1,4-6H2,2-3H3;/q-1;;+1. The maximum absolute atomic E-state index is 2.69. The average molecular weight is 241 g/mol. The van der Waals surface area contributed by atoms with Crippen LogP contribution in [0.25, 0.3) is 0 Å². The first-order valence-electron chi connectivity index (χ1n) is 6.63. The van der Waals surface area contributed by atoms with E-state index in [0.29, 0.717) is 0 Å². The van der Waals surface area contributed by atoms with Gasteiger partial charge in [-0.25, -0.2) is 0 Å². The Hall–Kier alpha value is 0.412. The summed E-state index contributed by atoms with van der Waals surface area (Å²) in [6, 6.07) is 0. The van der Waals surface area contributed by atoms with Gasteiger partial charge in [0.1, 0.15) is 0 Å². The predicted molar refractivity (Wildman–Crippen MR) is 73.3 cm³/mol. The van der Waals surface area contributed by atoms with E-state index in [1.807, 2.05) is 0 Å². The molecule has 0 radical (unpaired) electrons. The molecule has 1 saturated heterocycles. The molecule has 0 aromatic rings. The third-order valence-electron chi connectivity index (χ3n) is 3.69. The van der Waals surface area contributed by atoms with E-state index in [-0.39, 0.29) is 0 Å². The molecule has 4 heteroatoms. The molecule has 94 valence electrons. The average Bonchev–Trinajstić information content (AvgIpc) is 2.38. The molecular formula is C12H28AlN3. The number of likely N-dealkylation sites (N-methyl/N-ethyl adjacent to an activating group) is 2. The highest BCUT2D eigenvalue weighted by atomic mass is 27.2. The Morgan fingerprint density at radius 2 is 1.81 bits per heavy atom. The zero-order valence-electron chi connectivity index (χ0n) is 11.6. The van der Waals surface area contributed by atoms with E-state index < -0.39 is 14.4 Å². The molecule has 0 N–H and O–H groups in total. The molecule has 1 rings (SSSR count). The molecule has 0 bridgehead atoms. The smallest absolute Gasteiger partial charge is 0.373 e. The van der Waals surface area contributed by atoms with E-state index in [9.17, 15) is 0 Å². The van der Waals surface area contributed by atoms with Gasteiger partial charge >= 0.3 is 14.4 Å². The fourth-order valence-corrected chi connectivity index (χ4v) is 5.53. The van der Waals surface area contributed by atoms with Gasteiger partial charge in [-0.3, -0.25) is 0 Å². The summed E-state index contributed by atoms with van der Waals surface area (Å²) in [6.07, 6.45) is 2.81. The van der Waals surface area contributed by atoms with Crippen molar-refractivity contribution in [1.29, 1.82) is 0 Å². The SMILES string of the molecule is CN(C)CCC[CH2][Al]1[CH2]CN(C)CC[N]1C. The number of hydrogen-bond donors (Lipinski definition) is 0. The van der Waals surface area contributed by atoms with Crippen LogP contribution in [0.5, 0.6) is 0 Å². The Morgan fingerprint density at radius 1 is 1.06 bits per heavy atom. The van der Waals surface area contributed by atoms with E-state index in [1.165, 1.54) is 49.6 Å². The number of nitrogens with zero attached hydrogens (tertiary/aromatic N) is 3. The lowest BCUT2D eigenvalue weighted by molar-refractivity contribution is 0.341. The van der Waals surface area contributed by atoms with Crippen LogP contribution < -0.4 is 0 Å². The molecule has 1 heterocycles. The summed E-state index contributed by atoms with van der Waals surface area (Å²) in [5.74, 6) is 0. The molecule has 1 aliphatic rings. The molecule has 3 nitrogen and oxygen atoms in total. The monoisotopic (exact) mass is 241 g/mol. The first-order valence-corrected chi connectivity index (χ1v) is 8.78. The Bertz CT molecular complexity index is 187. The Labute approximate surface area is 106 Å². The van der Waals surface area contributed by atoms with E-state index in [2.05, 4.69) is 41.9 Å². The van der Waals surface area contributed by atoms with Gasteiger partial charge in [0.15, 0.2) is 0 Å². The van der Waals surface area contributed by atoms with Crippen LogP contribution in [0, 0.1) is 0 Å². The van der Waals surface area contributed by atoms with Crippen LogP contribution >= 0.6 is 0 Å². The lowest BCUT2D eigenvalue weighted by Gasteiger charge is -2.21. The molecule has 0 aromatic heterocycles. The number of unbranched alkanes of at least 4 members (excludes halogenated alkanes) is 1. The van der Waals surface area contributed by atoms with Crippen LogP contribution in [-0.4, -0.2) is 82.4 Å². The first kappa shape index (κ1) is 14.5. The van der Waals surface area contributed by atoms with E-state index in [4.69, 9.17) is 0 Å². The van der Waals surface area contributed by atoms with Crippen molar-refractivity contribution in [3.8, 4) is 0 Å². The molecule has 0 aromatic carbocycles. The number of hydrogen-bond acceptors (Lipinski definition) is 3. The van der Waals surface area contributed by atoms with Crippen LogP contribution in [0.3, 0.4) is 0 Å². The van der Waals surface area contributed by atoms with Crippen molar-refractivity contribution in [3.05, 3.63) is 0 Å². The molecule has 0 spiro atoms. The normalized spacial score (nSPS) is 20.4. The summed E-state index contributed by atoms with van der Waals surface area (Å²) < 4.78 is 2.69. The lowest BCUT2D eigenvalue weighted by Crippen LogP contribution is -2.36. The van der Waals surface area contributed by atoms with Crippen LogP contribution in [-0.2, 0) is 0 Å². The topological polar surface area (TPSA) is 9.72 Å². The van der Waals surface area contributed by atoms with Crippen LogP contribution in [0.1, 0.15) is 12.8 Å². The van der Waals surface area contributed by atoms with E-state index in [1.54, 1.807) is 0 Å². The van der Waals surface area contributed by atoms with Crippen molar-refractivity contribution in [2.75, 3.05) is 54.4 Å². The van der Waals surface area contributed by atoms with Gasteiger partial charge in [0.05, 0.1) is 0 Å². The van der Waals surface area contributed by atoms with Crippen molar-refractivity contribution in [1.82, 2.24) is 13.7 Å². The maximum atomic E-state index is 2.69. The maximum Gasteiger partial charge on any atom is 0.373 e. The Balaban J connectivity index is 2.18. The summed E-state index contributed by atoms with van der Waals surface area (Å²) >= 11 is -0.594. The third-order valence-corrected chi connectivity index (χ3v) is 7.20. The van der Waals surface area contributed by atoms with Crippen LogP contribution in [0.2, 0.25) is 10.6 Å². The van der Waals surface area contributed by atoms with Crippen molar-refractivity contribution < 1.29 is 0 Å². The summed E-state index contributed by atoms with van der Waals surface area (Å²) in [4.78, 5) is 4.79. The molecule has 16 heavy (non-hydrogen) atoms. The minimum atomic E-state index is -0.594. The van der Waals surface area contributed by atoms with Gasteiger partial charge in [-0.15, -0.1) is 0 Å². The van der Waals surface area contributed by atoms with Gasteiger partial charge in [0.25, 0.3) is 0 Å². The molecule has 1 fully saturated rings. The quantitative estimate of drug-likeness (QED) is 0.529. The summed E-state index contributed by atoms with van der Waals surface area (Å²) in [5, 5.41) is 2.99. The summed E-state index contributed by atoms with van der Waals surface area (Å²) in [6.45, 7) is 5.14. The highest BCUT2D eigenvalue weighted by molar-refractivity contribution is 6.55. The Kier molecular flexibility index (Phi) is 6.95. The molecule has 0 unspecified atom stereocenters. The second kappa shape index (κ2) is 7.68. The summed E-state index contributed by atoms with van der Waals surface area (Å²) in [5.41, 5.74) is 0. The van der Waals surface area contributed by atoms with E-state index >= 15 is 0 Å². The predicted octanol–water partition coefficient (Wildman–Crippen LogP) is 1.20. The largest absolute Gasteiger partial charge is 0.386 e. The van der Waals surface area contributed by atoms with Crippen LogP contribution in [0.15, 0.2) is 0 Å². The molecule has 1 aliphatic heterocycles. The minimum absolute atomic E-state index is 0.594. The van der Waals surface area contributed by atoms with Gasteiger partial charge in [-0.1, -0.05) is 17.0 Å². The van der Waals surface area contributed by atoms with Gasteiger partial charge < -0.3 is 13.7 Å². The lowest BCUT2D eigenvalue weighted by atomic mass is 10.3. The second-order valence-electron chi connectivity index (χ2n) is 5.53. The highest BCUT2D eigenvalue weighted by Crippen LogP contribution is 2.13. The molecular weight excluding hydrogens is 213 g/mol. The fraction of sp³-hybridized carbons (Fsp3) is 1.00.